The van der Waals surface area contributed by atoms with Gasteiger partial charge < -0.3 is 18.9 Å². The first-order valence-corrected chi connectivity index (χ1v) is 54.7. The van der Waals surface area contributed by atoms with E-state index in [2.05, 4.69) is 211 Å². The highest BCUT2D eigenvalue weighted by atomic mass is 32.3. The molecule has 0 bridgehead atoms. The van der Waals surface area contributed by atoms with Crippen molar-refractivity contribution in [3.8, 4) is 69.6 Å². The Morgan fingerprint density at radius 3 is 0.740 bits per heavy atom. The third kappa shape index (κ3) is 33.8. The number of rotatable bonds is 47. The van der Waals surface area contributed by atoms with Gasteiger partial charge in [0.25, 0.3) is 0 Å². The largest absolute Gasteiger partial charge is 0.492 e. The van der Waals surface area contributed by atoms with Gasteiger partial charge in [0.2, 0.25) is 0 Å². The molecule has 0 aromatic heterocycles. The smallest absolute Gasteiger partial charge is 0.136 e. The molecule has 14 heteroatoms. The fourth-order valence-electron chi connectivity index (χ4n) is 11.9. The fraction of sp³-hybridized carbons (Fsp3) is 0.556. The van der Waals surface area contributed by atoms with E-state index in [-0.39, 0.29) is 0 Å². The summed E-state index contributed by atoms with van der Waals surface area (Å²) in [6.45, 7) is 25.5. The average Bonchev–Trinajstić information content (AvgIpc) is 1.24. The van der Waals surface area contributed by atoms with Crippen molar-refractivity contribution in [3.05, 3.63) is 143 Å². The van der Waals surface area contributed by atoms with Gasteiger partial charge in [0.15, 0.2) is 0 Å². The molecule has 0 atom stereocenters. The number of allylic oxidation sites excluding steroid dienone is 2. The molecule has 0 radical (unpaired) electrons. The number of ether oxygens (including phenoxy) is 4. The molecule has 566 valence electrons. The molecule has 0 aliphatic carbocycles. The molecule has 2 heterocycles. The summed E-state index contributed by atoms with van der Waals surface area (Å²) in [6.07, 6.45) is 48.7. The molecule has 4 aromatic rings. The van der Waals surface area contributed by atoms with Gasteiger partial charge in [-0.25, -0.2) is 0 Å². The van der Waals surface area contributed by atoms with Crippen LogP contribution in [0.5, 0.6) is 23.0 Å². The normalized spacial score (nSPS) is 12.9. The van der Waals surface area contributed by atoms with Crippen molar-refractivity contribution in [1.29, 1.82) is 0 Å². The molecule has 4 nitrogen and oxygen atoms in total. The van der Waals surface area contributed by atoms with Crippen LogP contribution in [0.3, 0.4) is 0 Å². The van der Waals surface area contributed by atoms with E-state index >= 15 is 0 Å². The lowest BCUT2D eigenvalue weighted by Gasteiger charge is -2.19. The molecule has 0 fully saturated rings. The number of hydrogen-bond acceptors (Lipinski definition) is 12. The van der Waals surface area contributed by atoms with Crippen LogP contribution in [0.15, 0.2) is 98.2 Å². The van der Waals surface area contributed by atoms with E-state index in [1.165, 1.54) is 204 Å². The van der Waals surface area contributed by atoms with Crippen LogP contribution in [0.25, 0.3) is 11.1 Å². The Kier molecular flexibility index (Phi) is 44.6. The van der Waals surface area contributed by atoms with Crippen LogP contribution < -0.4 is 18.9 Å². The van der Waals surface area contributed by atoms with Gasteiger partial charge in [-0.15, -0.1) is 58.1 Å². The van der Waals surface area contributed by atoms with Crippen molar-refractivity contribution in [2.24, 2.45) is 0 Å². The third-order valence-corrected chi connectivity index (χ3v) is 30.0. The van der Waals surface area contributed by atoms with E-state index in [4.69, 9.17) is 18.9 Å². The lowest BCUT2D eigenvalue weighted by atomic mass is 9.93. The quantitative estimate of drug-likeness (QED) is 0.0240. The second-order valence-corrected chi connectivity index (χ2v) is 47.7. The molecular weight excluding hydrogens is 1460 g/mol. The summed E-state index contributed by atoms with van der Waals surface area (Å²) in [5.74, 6) is 24.9. The van der Waals surface area contributed by atoms with Gasteiger partial charge >= 0.3 is 0 Å². The first kappa shape index (κ1) is 89.4. The average molecular weight is 1580 g/mol. The summed E-state index contributed by atoms with van der Waals surface area (Å²) in [5.41, 5.74) is 17.4. The highest BCUT2D eigenvalue weighted by Gasteiger charge is 2.32. The lowest BCUT2D eigenvalue weighted by Crippen LogP contribution is -2.16. The van der Waals surface area contributed by atoms with Crippen LogP contribution in [0.2, 0.25) is 39.3 Å². The molecule has 0 saturated heterocycles. The topological polar surface area (TPSA) is 36.9 Å². The Morgan fingerprint density at radius 2 is 0.519 bits per heavy atom. The summed E-state index contributed by atoms with van der Waals surface area (Å²) in [6, 6.07) is 26.5. The van der Waals surface area contributed by atoms with Gasteiger partial charge in [-0.05, 0) is 86.1 Å². The molecule has 0 amide bonds. The van der Waals surface area contributed by atoms with E-state index < -0.39 is 16.1 Å². The van der Waals surface area contributed by atoms with Crippen LogP contribution in [-0.4, -0.2) is 67.6 Å². The predicted octanol–water partition coefficient (Wildman–Crippen LogP) is 29.7. The zero-order chi connectivity index (χ0) is 74.6. The van der Waals surface area contributed by atoms with Crippen LogP contribution in [0.4, 0.5) is 0 Å². The lowest BCUT2D eigenvalue weighted by molar-refractivity contribution is 0.295. The minimum Gasteiger partial charge on any atom is -0.492 e. The minimum absolute atomic E-state index is 0.642. The Labute approximate surface area is 670 Å². The first-order chi connectivity index (χ1) is 50.5. The fourth-order valence-corrected chi connectivity index (χ4v) is 23.1. The predicted molar refractivity (Wildman–Crippen MR) is 483 cm³/mol. The van der Waals surface area contributed by atoms with Gasteiger partial charge in [0.05, 0.1) is 74.1 Å². The number of thioether (sulfide) groups is 8. The zero-order valence-corrected chi connectivity index (χ0v) is 74.8. The Morgan fingerprint density at radius 1 is 0.298 bits per heavy atom. The SMILES string of the molecule is CCCCCCCCCCOc1cc(C#C[Si](C)(C)C)c(OCCCCCCCCCC)cc1C#Cc1ccc(C(=C2SC(SC)=C(SC)S2)C(=C2SC(SC)=C(SC)S2)c2ccc(C#Cc3cc(OCCCCCCCCCC)c(C#C[Si](C)(C)C)cc3OCCCCCCCCCC)cc2)cc1. The summed E-state index contributed by atoms with van der Waals surface area (Å²) < 4.78 is 34.8. The van der Waals surface area contributed by atoms with Gasteiger partial charge in [0, 0.05) is 46.5 Å². The molecule has 2 aliphatic heterocycles. The van der Waals surface area contributed by atoms with Crippen molar-refractivity contribution in [1.82, 2.24) is 0 Å². The van der Waals surface area contributed by atoms with Crippen molar-refractivity contribution < 1.29 is 18.9 Å². The van der Waals surface area contributed by atoms with Crippen molar-refractivity contribution >= 4 is 121 Å². The van der Waals surface area contributed by atoms with Gasteiger partial charge in [-0.1, -0.05) is 354 Å². The van der Waals surface area contributed by atoms with Gasteiger partial charge in [-0.3, -0.25) is 0 Å². The molecule has 2 aliphatic rings. The second-order valence-electron chi connectivity index (χ2n) is 29.3. The van der Waals surface area contributed by atoms with Gasteiger partial charge in [0.1, 0.15) is 39.1 Å². The monoisotopic (exact) mass is 1580 g/mol. The molecule has 104 heavy (non-hydrogen) atoms. The van der Waals surface area contributed by atoms with E-state index in [0.717, 1.165) is 106 Å². The number of unbranched alkanes of at least 4 members (excludes halogenated alkanes) is 28. The summed E-state index contributed by atoms with van der Waals surface area (Å²) >= 11 is 15.0. The van der Waals surface area contributed by atoms with Crippen molar-refractivity contribution in [2.75, 3.05) is 51.5 Å². The molecule has 0 spiro atoms. The van der Waals surface area contributed by atoms with Crippen LogP contribution in [0, 0.1) is 46.6 Å². The number of benzene rings is 4. The highest BCUT2D eigenvalue weighted by Crippen LogP contribution is 2.64. The number of hydrogen-bond donors (Lipinski definition) is 0. The summed E-state index contributed by atoms with van der Waals surface area (Å²) in [4.78, 5) is 0. The first-order valence-electron chi connectivity index (χ1n) is 39.6. The summed E-state index contributed by atoms with van der Waals surface area (Å²) in [7, 11) is -3.42. The molecule has 0 unspecified atom stereocenters. The van der Waals surface area contributed by atoms with E-state index in [9.17, 15) is 0 Å². The Bertz CT molecular complexity index is 3370. The van der Waals surface area contributed by atoms with Crippen LogP contribution in [0.1, 0.15) is 278 Å². The van der Waals surface area contributed by atoms with Crippen molar-refractivity contribution in [2.45, 2.75) is 272 Å². The maximum absolute atomic E-state index is 6.75. The van der Waals surface area contributed by atoms with Gasteiger partial charge in [-0.2, -0.15) is 0 Å². The Balaban J connectivity index is 1.40. The molecule has 4 aromatic carbocycles. The molecule has 6 rings (SSSR count). The van der Waals surface area contributed by atoms with E-state index in [1.807, 2.05) is 94.1 Å². The van der Waals surface area contributed by atoms with E-state index in [0.29, 0.717) is 26.4 Å². The molecular formula is C90H126O4S8Si2. The molecule has 0 N–H and O–H groups in total. The molecule has 0 saturated carbocycles. The van der Waals surface area contributed by atoms with E-state index in [1.54, 1.807) is 0 Å². The Hall–Kier alpha value is -3.49. The minimum atomic E-state index is -1.71. The second kappa shape index (κ2) is 51.8. The third-order valence-electron chi connectivity index (χ3n) is 17.8. The summed E-state index contributed by atoms with van der Waals surface area (Å²) in [5, 5.41) is 0. The van der Waals surface area contributed by atoms with Crippen LogP contribution in [-0.2, 0) is 0 Å². The maximum atomic E-state index is 6.75. The maximum Gasteiger partial charge on any atom is 0.136 e. The van der Waals surface area contributed by atoms with Crippen LogP contribution >= 0.6 is 94.1 Å². The van der Waals surface area contributed by atoms with Crippen molar-refractivity contribution in [3.63, 3.8) is 0 Å². The zero-order valence-electron chi connectivity index (χ0n) is 66.3. The standard InChI is InChI=1S/C90H126O4S8Si2/c1-15-19-23-27-31-35-39-43-61-91-79-69-77(59-65-103(9,10)11)81(93-63-45-41-37-33-29-25-21-17-3)67-75(79)57-51-71-47-53-73(54-48-71)83(85-99-87(95-5)88(96-6)100-85)84(86-101-89(97-7)90(98-8)102-86)74-55-49-72(50-56-74)52-58-76-68-82(94-64-46-42-38-34-30-26-22-18-4)78(60-66-104(12,13)14)70-80(76)92-62-44-40-36-32-28-24-20-16-2/h47-50,53-56,67-70H,15-46,61-64H2,1-14H3. The highest BCUT2D eigenvalue weighted by molar-refractivity contribution is 8.41.